The van der Waals surface area contributed by atoms with E-state index in [1.165, 1.54) is 0 Å². The largest absolute Gasteiger partial charge is 0.373 e. The average Bonchev–Trinajstić information content (AvgIpc) is 3.18. The van der Waals surface area contributed by atoms with Crippen LogP contribution in [0.2, 0.25) is 0 Å². The van der Waals surface area contributed by atoms with Gasteiger partial charge in [0.25, 0.3) is 0 Å². The normalized spacial score (nSPS) is 13.9. The third-order valence-electron chi connectivity index (χ3n) is 2.83. The molecule has 0 bridgehead atoms. The van der Waals surface area contributed by atoms with Crippen molar-refractivity contribution < 1.29 is 4.79 Å². The Morgan fingerprint density at radius 1 is 1.42 bits per heavy atom. The quantitative estimate of drug-likeness (QED) is 0.537. The molecular formula is C12H20N6O. The van der Waals surface area contributed by atoms with Gasteiger partial charge in [0.05, 0.1) is 0 Å². The Morgan fingerprint density at radius 2 is 2.16 bits per heavy atom. The summed E-state index contributed by atoms with van der Waals surface area (Å²) < 4.78 is 0. The first kappa shape index (κ1) is 13.4. The molecule has 0 radical (unpaired) electrons. The van der Waals surface area contributed by atoms with E-state index in [2.05, 4.69) is 25.9 Å². The molecule has 0 unspecified atom stereocenters. The van der Waals surface area contributed by atoms with E-state index in [-0.39, 0.29) is 11.9 Å². The van der Waals surface area contributed by atoms with Crippen LogP contribution < -0.4 is 21.7 Å². The molecule has 1 saturated carbocycles. The van der Waals surface area contributed by atoms with Crippen LogP contribution in [0.15, 0.2) is 6.07 Å². The number of anilines is 3. The minimum Gasteiger partial charge on any atom is -0.373 e. The highest BCUT2D eigenvalue weighted by Gasteiger charge is 2.22. The van der Waals surface area contributed by atoms with Crippen LogP contribution in [0.1, 0.15) is 25.7 Å². The Balaban J connectivity index is 1.69. The maximum absolute atomic E-state index is 11.5. The second kappa shape index (κ2) is 6.21. The molecule has 104 valence electrons. The lowest BCUT2D eigenvalue weighted by molar-refractivity contribution is -0.121. The number of amides is 1. The second-order valence-corrected chi connectivity index (χ2v) is 4.62. The van der Waals surface area contributed by atoms with Crippen LogP contribution in [0, 0.1) is 0 Å². The van der Waals surface area contributed by atoms with Gasteiger partial charge in [0.1, 0.15) is 11.6 Å². The summed E-state index contributed by atoms with van der Waals surface area (Å²) in [5, 5.41) is 9.00. The van der Waals surface area contributed by atoms with Gasteiger partial charge in [0.2, 0.25) is 11.9 Å². The number of hydrogen-bond donors (Lipinski definition) is 4. The number of carbonyl (C=O) groups is 1. The lowest BCUT2D eigenvalue weighted by Gasteiger charge is -2.08. The van der Waals surface area contributed by atoms with E-state index in [1.807, 2.05) is 0 Å². The van der Waals surface area contributed by atoms with Crippen molar-refractivity contribution >= 4 is 23.5 Å². The minimum absolute atomic E-state index is 0.127. The van der Waals surface area contributed by atoms with Crippen LogP contribution in [-0.2, 0) is 4.79 Å². The van der Waals surface area contributed by atoms with Gasteiger partial charge in [0, 0.05) is 32.1 Å². The summed E-state index contributed by atoms with van der Waals surface area (Å²) in [4.78, 5) is 19.5. The molecule has 1 aliphatic carbocycles. The van der Waals surface area contributed by atoms with Gasteiger partial charge in [-0.15, -0.1) is 0 Å². The highest BCUT2D eigenvalue weighted by atomic mass is 16.1. The van der Waals surface area contributed by atoms with Gasteiger partial charge >= 0.3 is 0 Å². The number of nitrogens with zero attached hydrogens (tertiary/aromatic N) is 2. The highest BCUT2D eigenvalue weighted by Crippen LogP contribution is 2.18. The van der Waals surface area contributed by atoms with Gasteiger partial charge < -0.3 is 21.7 Å². The van der Waals surface area contributed by atoms with Crippen molar-refractivity contribution in [2.75, 3.05) is 30.0 Å². The van der Waals surface area contributed by atoms with E-state index in [9.17, 15) is 4.79 Å². The molecule has 1 amide bonds. The Kier molecular flexibility index (Phi) is 4.38. The lowest BCUT2D eigenvalue weighted by Crippen LogP contribution is -2.25. The van der Waals surface area contributed by atoms with E-state index < -0.39 is 0 Å². The third kappa shape index (κ3) is 4.61. The van der Waals surface area contributed by atoms with Crippen molar-refractivity contribution in [3.05, 3.63) is 6.07 Å². The van der Waals surface area contributed by atoms with Gasteiger partial charge in [-0.05, 0) is 19.3 Å². The zero-order valence-electron chi connectivity index (χ0n) is 11.1. The summed E-state index contributed by atoms with van der Waals surface area (Å²) >= 11 is 0. The van der Waals surface area contributed by atoms with E-state index in [0.29, 0.717) is 30.6 Å². The van der Waals surface area contributed by atoms with Crippen molar-refractivity contribution in [3.8, 4) is 0 Å². The monoisotopic (exact) mass is 264 g/mol. The first-order valence-corrected chi connectivity index (χ1v) is 6.53. The van der Waals surface area contributed by atoms with Crippen LogP contribution in [-0.4, -0.2) is 35.5 Å². The number of nitrogen functional groups attached to an aromatic ring is 1. The van der Waals surface area contributed by atoms with Gasteiger partial charge in [-0.25, -0.2) is 0 Å². The van der Waals surface area contributed by atoms with Crippen LogP contribution >= 0.6 is 0 Å². The molecule has 1 aromatic heterocycles. The molecule has 0 atom stereocenters. The Labute approximate surface area is 112 Å². The summed E-state index contributed by atoms with van der Waals surface area (Å²) in [5.74, 6) is 1.68. The Bertz CT molecular complexity index is 446. The van der Waals surface area contributed by atoms with E-state index in [0.717, 1.165) is 19.3 Å². The fourth-order valence-corrected chi connectivity index (χ4v) is 1.68. The Morgan fingerprint density at radius 3 is 2.84 bits per heavy atom. The summed E-state index contributed by atoms with van der Waals surface area (Å²) in [5.41, 5.74) is 5.58. The molecule has 5 N–H and O–H groups in total. The first-order valence-electron chi connectivity index (χ1n) is 6.53. The van der Waals surface area contributed by atoms with Gasteiger partial charge in [-0.3, -0.25) is 4.79 Å². The van der Waals surface area contributed by atoms with Crippen LogP contribution in [0.3, 0.4) is 0 Å². The summed E-state index contributed by atoms with van der Waals surface area (Å²) in [6.45, 7) is 0.678. The zero-order valence-corrected chi connectivity index (χ0v) is 11.1. The van der Waals surface area contributed by atoms with Gasteiger partial charge in [-0.2, -0.15) is 9.97 Å². The standard InChI is InChI=1S/C12H20N6O/c1-14-9-7-10(18-12(13)17-9)15-6-2-3-11(19)16-8-4-5-8/h7-8H,2-6H2,1H3,(H,16,19)(H4,13,14,15,17,18). The van der Waals surface area contributed by atoms with Crippen LogP contribution in [0.5, 0.6) is 0 Å². The van der Waals surface area contributed by atoms with Crippen molar-refractivity contribution in [2.45, 2.75) is 31.7 Å². The van der Waals surface area contributed by atoms with E-state index in [1.54, 1.807) is 13.1 Å². The Hall–Kier alpha value is -2.05. The molecule has 1 fully saturated rings. The predicted molar refractivity (Wildman–Crippen MR) is 74.9 cm³/mol. The van der Waals surface area contributed by atoms with Gasteiger partial charge in [-0.1, -0.05) is 0 Å². The SMILES string of the molecule is CNc1cc(NCCCC(=O)NC2CC2)nc(N)n1. The first-order chi connectivity index (χ1) is 9.17. The summed E-state index contributed by atoms with van der Waals surface area (Å²) in [6, 6.07) is 2.21. The molecule has 1 heterocycles. The second-order valence-electron chi connectivity index (χ2n) is 4.62. The molecular weight excluding hydrogens is 244 g/mol. The molecule has 0 aliphatic heterocycles. The number of carbonyl (C=O) groups excluding carboxylic acids is 1. The number of hydrogen-bond acceptors (Lipinski definition) is 6. The van der Waals surface area contributed by atoms with E-state index in [4.69, 9.17) is 5.73 Å². The smallest absolute Gasteiger partial charge is 0.223 e. The molecule has 0 aromatic carbocycles. The fraction of sp³-hybridized carbons (Fsp3) is 0.583. The zero-order chi connectivity index (χ0) is 13.7. The van der Waals surface area contributed by atoms with Crippen molar-refractivity contribution in [2.24, 2.45) is 0 Å². The maximum Gasteiger partial charge on any atom is 0.223 e. The topological polar surface area (TPSA) is 105 Å². The number of aromatic nitrogens is 2. The lowest BCUT2D eigenvalue weighted by atomic mass is 10.3. The molecule has 1 aliphatic rings. The molecule has 0 spiro atoms. The fourth-order valence-electron chi connectivity index (χ4n) is 1.68. The predicted octanol–water partition coefficient (Wildman–Crippen LogP) is 0.571. The molecule has 0 saturated heterocycles. The highest BCUT2D eigenvalue weighted by molar-refractivity contribution is 5.76. The maximum atomic E-state index is 11.5. The van der Waals surface area contributed by atoms with Crippen molar-refractivity contribution in [1.29, 1.82) is 0 Å². The number of rotatable bonds is 7. The third-order valence-corrected chi connectivity index (χ3v) is 2.83. The van der Waals surface area contributed by atoms with Crippen LogP contribution in [0.25, 0.3) is 0 Å². The number of nitrogens with one attached hydrogen (secondary N) is 3. The molecule has 2 rings (SSSR count). The average molecular weight is 264 g/mol. The molecule has 7 nitrogen and oxygen atoms in total. The molecule has 1 aromatic rings. The summed E-state index contributed by atoms with van der Waals surface area (Å²) in [6.07, 6.45) is 3.54. The summed E-state index contributed by atoms with van der Waals surface area (Å²) in [7, 11) is 1.77. The number of nitrogens with two attached hydrogens (primary N) is 1. The van der Waals surface area contributed by atoms with Crippen molar-refractivity contribution in [1.82, 2.24) is 15.3 Å². The van der Waals surface area contributed by atoms with Crippen molar-refractivity contribution in [3.63, 3.8) is 0 Å². The van der Waals surface area contributed by atoms with E-state index >= 15 is 0 Å². The van der Waals surface area contributed by atoms with Crippen LogP contribution in [0.4, 0.5) is 17.6 Å². The molecule has 7 heteroatoms. The van der Waals surface area contributed by atoms with Gasteiger partial charge in [0.15, 0.2) is 0 Å². The molecule has 19 heavy (non-hydrogen) atoms. The minimum atomic E-state index is 0.127.